The maximum absolute atomic E-state index is 15.1. The lowest BCUT2D eigenvalue weighted by molar-refractivity contribution is 0.360. The highest BCUT2D eigenvalue weighted by Gasteiger charge is 2.11. The van der Waals surface area contributed by atoms with Gasteiger partial charge in [-0.2, -0.15) is 0 Å². The van der Waals surface area contributed by atoms with Crippen molar-refractivity contribution in [2.24, 2.45) is 0 Å². The molecule has 0 spiro atoms. The zero-order valence-electron chi connectivity index (χ0n) is 16.6. The van der Waals surface area contributed by atoms with Gasteiger partial charge in [-0.15, -0.1) is 0 Å². The first-order valence-electron chi connectivity index (χ1n) is 9.76. The van der Waals surface area contributed by atoms with Crippen molar-refractivity contribution in [2.75, 3.05) is 6.61 Å². The molecule has 0 fully saturated rings. The molecule has 0 amide bonds. The van der Waals surface area contributed by atoms with Crippen LogP contribution >= 0.6 is 11.6 Å². The van der Waals surface area contributed by atoms with Crippen LogP contribution in [0.2, 0.25) is 5.02 Å². The van der Waals surface area contributed by atoms with Crippen LogP contribution in [0.3, 0.4) is 0 Å². The minimum atomic E-state index is -0.465. The Kier molecular flexibility index (Phi) is 6.23. The molecule has 0 radical (unpaired) electrons. The predicted octanol–water partition coefficient (Wildman–Crippen LogP) is 6.58. The Hall–Kier alpha value is -3.31. The van der Waals surface area contributed by atoms with Gasteiger partial charge in [0.05, 0.1) is 17.4 Å². The van der Waals surface area contributed by atoms with Gasteiger partial charge < -0.3 is 4.74 Å². The molecule has 6 heteroatoms. The number of hydrogen-bond acceptors (Lipinski definition) is 3. The Morgan fingerprint density at radius 1 is 0.968 bits per heavy atom. The van der Waals surface area contributed by atoms with E-state index in [2.05, 4.69) is 16.5 Å². The topological polar surface area (TPSA) is 35.0 Å². The standard InChI is InChI=1S/C25H19ClF2N2O/c1-2-11-31-20-14-29-25(30-15-20)19-8-9-21-18(13-19)7-6-17(24(21)28)5-3-16-4-10-22(26)23(27)12-16/h2,4,6-10,12-15H,1,3,5,11H2. The average molecular weight is 437 g/mol. The summed E-state index contributed by atoms with van der Waals surface area (Å²) in [6.45, 7) is 3.98. The molecule has 3 aromatic carbocycles. The first kappa shape index (κ1) is 20.9. The zero-order chi connectivity index (χ0) is 21.8. The van der Waals surface area contributed by atoms with Crippen molar-refractivity contribution in [2.45, 2.75) is 12.8 Å². The van der Waals surface area contributed by atoms with Crippen LogP contribution in [-0.4, -0.2) is 16.6 Å². The van der Waals surface area contributed by atoms with Crippen LogP contribution < -0.4 is 4.74 Å². The zero-order valence-corrected chi connectivity index (χ0v) is 17.4. The summed E-state index contributed by atoms with van der Waals surface area (Å²) >= 11 is 5.72. The van der Waals surface area contributed by atoms with E-state index >= 15 is 4.39 Å². The van der Waals surface area contributed by atoms with Gasteiger partial charge in [-0.25, -0.2) is 18.7 Å². The van der Waals surface area contributed by atoms with Crippen molar-refractivity contribution in [1.29, 1.82) is 0 Å². The highest BCUT2D eigenvalue weighted by atomic mass is 35.5. The van der Waals surface area contributed by atoms with Crippen LogP contribution in [0.1, 0.15) is 11.1 Å². The summed E-state index contributed by atoms with van der Waals surface area (Å²) in [5.74, 6) is 0.351. The molecule has 0 aliphatic rings. The number of aryl methyl sites for hydroxylation is 2. The number of benzene rings is 3. The molecular weight excluding hydrogens is 418 g/mol. The smallest absolute Gasteiger partial charge is 0.159 e. The lowest BCUT2D eigenvalue weighted by Gasteiger charge is -2.09. The molecule has 31 heavy (non-hydrogen) atoms. The van der Waals surface area contributed by atoms with Gasteiger partial charge >= 0.3 is 0 Å². The molecule has 0 saturated heterocycles. The molecule has 0 N–H and O–H groups in total. The van der Waals surface area contributed by atoms with Crippen LogP contribution in [0.25, 0.3) is 22.2 Å². The van der Waals surface area contributed by atoms with E-state index in [0.29, 0.717) is 42.0 Å². The van der Waals surface area contributed by atoms with Crippen LogP contribution in [0.15, 0.2) is 73.6 Å². The van der Waals surface area contributed by atoms with Gasteiger partial charge in [0.25, 0.3) is 0 Å². The monoisotopic (exact) mass is 436 g/mol. The van der Waals surface area contributed by atoms with E-state index in [1.54, 1.807) is 42.7 Å². The number of fused-ring (bicyclic) bond motifs is 1. The van der Waals surface area contributed by atoms with Gasteiger partial charge in [-0.05, 0) is 47.6 Å². The summed E-state index contributed by atoms with van der Waals surface area (Å²) in [5.41, 5.74) is 2.14. The molecule has 4 rings (SSSR count). The number of halogens is 3. The van der Waals surface area contributed by atoms with E-state index in [1.807, 2.05) is 12.1 Å². The lowest BCUT2D eigenvalue weighted by Crippen LogP contribution is -1.97. The first-order valence-corrected chi connectivity index (χ1v) is 10.1. The number of hydrogen-bond donors (Lipinski definition) is 0. The second-order valence-electron chi connectivity index (χ2n) is 7.07. The molecule has 0 atom stereocenters. The molecule has 0 unspecified atom stereocenters. The van der Waals surface area contributed by atoms with E-state index in [-0.39, 0.29) is 10.8 Å². The van der Waals surface area contributed by atoms with Crippen molar-refractivity contribution in [3.8, 4) is 17.1 Å². The van der Waals surface area contributed by atoms with E-state index < -0.39 is 5.82 Å². The van der Waals surface area contributed by atoms with E-state index in [1.165, 1.54) is 12.1 Å². The van der Waals surface area contributed by atoms with Crippen LogP contribution in [0, 0.1) is 11.6 Å². The van der Waals surface area contributed by atoms with Crippen molar-refractivity contribution in [1.82, 2.24) is 9.97 Å². The Labute approximate surface area is 184 Å². The van der Waals surface area contributed by atoms with Crippen LogP contribution in [0.5, 0.6) is 5.75 Å². The minimum Gasteiger partial charge on any atom is -0.486 e. The fraction of sp³-hybridized carbons (Fsp3) is 0.120. The Morgan fingerprint density at radius 2 is 1.77 bits per heavy atom. The van der Waals surface area contributed by atoms with Crippen molar-refractivity contribution in [3.05, 3.63) is 101 Å². The second-order valence-corrected chi connectivity index (χ2v) is 7.47. The maximum atomic E-state index is 15.1. The van der Waals surface area contributed by atoms with E-state index in [0.717, 1.165) is 16.5 Å². The van der Waals surface area contributed by atoms with Gasteiger partial charge in [0.15, 0.2) is 11.6 Å². The number of ether oxygens (including phenoxy) is 1. The number of nitrogens with zero attached hydrogens (tertiary/aromatic N) is 2. The Bertz CT molecular complexity index is 1240. The van der Waals surface area contributed by atoms with Crippen molar-refractivity contribution >= 4 is 22.4 Å². The van der Waals surface area contributed by atoms with Gasteiger partial charge in [-0.3, -0.25) is 0 Å². The third-order valence-corrected chi connectivity index (χ3v) is 5.26. The normalized spacial score (nSPS) is 10.9. The predicted molar refractivity (Wildman–Crippen MR) is 119 cm³/mol. The summed E-state index contributed by atoms with van der Waals surface area (Å²) in [6.07, 6.45) is 5.81. The third-order valence-electron chi connectivity index (χ3n) is 4.96. The Balaban J connectivity index is 1.54. The second kappa shape index (κ2) is 9.23. The quantitative estimate of drug-likeness (QED) is 0.307. The molecule has 1 heterocycles. The van der Waals surface area contributed by atoms with Gasteiger partial charge in [0.1, 0.15) is 18.2 Å². The molecule has 0 aliphatic heterocycles. The highest BCUT2D eigenvalue weighted by Crippen LogP contribution is 2.27. The minimum absolute atomic E-state index is 0.0827. The fourth-order valence-corrected chi connectivity index (χ4v) is 3.46. The summed E-state index contributed by atoms with van der Waals surface area (Å²) in [5, 5.41) is 1.36. The van der Waals surface area contributed by atoms with Gasteiger partial charge in [0.2, 0.25) is 0 Å². The average Bonchev–Trinajstić information content (AvgIpc) is 2.79. The molecular formula is C25H19ClF2N2O. The van der Waals surface area contributed by atoms with Crippen molar-refractivity contribution in [3.63, 3.8) is 0 Å². The molecule has 4 aromatic rings. The SMILES string of the molecule is C=CCOc1cnc(-c2ccc3c(F)c(CCc4ccc(Cl)c(F)c4)ccc3c2)nc1. The maximum Gasteiger partial charge on any atom is 0.159 e. The molecule has 3 nitrogen and oxygen atoms in total. The molecule has 0 bridgehead atoms. The summed E-state index contributed by atoms with van der Waals surface area (Å²) in [4.78, 5) is 8.64. The molecule has 1 aromatic heterocycles. The van der Waals surface area contributed by atoms with E-state index in [4.69, 9.17) is 16.3 Å². The van der Waals surface area contributed by atoms with Crippen LogP contribution in [-0.2, 0) is 12.8 Å². The van der Waals surface area contributed by atoms with Gasteiger partial charge in [0, 0.05) is 10.9 Å². The van der Waals surface area contributed by atoms with Crippen LogP contribution in [0.4, 0.5) is 8.78 Å². The summed E-state index contributed by atoms with van der Waals surface area (Å²) < 4.78 is 34.1. The van der Waals surface area contributed by atoms with Crippen molar-refractivity contribution < 1.29 is 13.5 Å². The van der Waals surface area contributed by atoms with Gasteiger partial charge in [-0.1, -0.05) is 54.6 Å². The first-order chi connectivity index (χ1) is 15.0. The molecule has 156 valence electrons. The van der Waals surface area contributed by atoms with E-state index in [9.17, 15) is 4.39 Å². The third kappa shape index (κ3) is 4.72. The fourth-order valence-electron chi connectivity index (χ4n) is 3.34. The number of rotatable bonds is 7. The molecule has 0 saturated carbocycles. The lowest BCUT2D eigenvalue weighted by atomic mass is 9.99. The molecule has 0 aliphatic carbocycles. The Morgan fingerprint density at radius 3 is 2.52 bits per heavy atom. The largest absolute Gasteiger partial charge is 0.486 e. The summed E-state index contributed by atoms with van der Waals surface area (Å²) in [6, 6.07) is 13.7. The number of aromatic nitrogens is 2. The summed E-state index contributed by atoms with van der Waals surface area (Å²) in [7, 11) is 0. The highest BCUT2D eigenvalue weighted by molar-refractivity contribution is 6.30.